The third kappa shape index (κ3) is 3.76. The van der Waals surface area contributed by atoms with Gasteiger partial charge in [0, 0.05) is 0 Å². The van der Waals surface area contributed by atoms with Crippen LogP contribution in [0.25, 0.3) is 0 Å². The monoisotopic (exact) mass is 280 g/mol. The molecule has 0 heterocycles. The molecule has 0 aromatic heterocycles. The molecule has 0 spiro atoms. The van der Waals surface area contributed by atoms with Crippen molar-refractivity contribution in [3.8, 4) is 5.75 Å². The summed E-state index contributed by atoms with van der Waals surface area (Å²) in [6, 6.07) is 12.7. The van der Waals surface area contributed by atoms with Crippen molar-refractivity contribution < 1.29 is 17.9 Å². The molecule has 0 fully saturated rings. The fourth-order valence-electron chi connectivity index (χ4n) is 1.78. The molecule has 2 aromatic rings. The van der Waals surface area contributed by atoms with E-state index in [-0.39, 0.29) is 0 Å². The molecule has 0 amide bonds. The molecular weight excluding hydrogens is 265 g/mol. The summed E-state index contributed by atoms with van der Waals surface area (Å²) in [6.45, 7) is 2.42. The molecule has 0 N–H and O–H groups in total. The zero-order valence-corrected chi connectivity index (χ0v) is 11.1. The lowest BCUT2D eigenvalue weighted by molar-refractivity contribution is -0.137. The Bertz CT molecular complexity index is 541. The van der Waals surface area contributed by atoms with Crippen molar-refractivity contribution in [3.05, 3.63) is 65.2 Å². The van der Waals surface area contributed by atoms with Gasteiger partial charge in [0.05, 0.1) is 5.56 Å². The van der Waals surface area contributed by atoms with Crippen LogP contribution >= 0.6 is 0 Å². The van der Waals surface area contributed by atoms with Crippen molar-refractivity contribution in [1.29, 1.82) is 0 Å². The Labute approximate surface area is 116 Å². The van der Waals surface area contributed by atoms with Gasteiger partial charge in [0.15, 0.2) is 0 Å². The standard InChI is InChI=1S/C16H15F3O/c1-2-12-3-5-13(6-4-12)11-20-15-9-7-14(8-10-15)16(17,18)19/h3-10H,2,11H2,1H3. The van der Waals surface area contributed by atoms with Gasteiger partial charge in [-0.25, -0.2) is 0 Å². The lowest BCUT2D eigenvalue weighted by Gasteiger charge is -2.09. The highest BCUT2D eigenvalue weighted by Crippen LogP contribution is 2.30. The van der Waals surface area contributed by atoms with Gasteiger partial charge < -0.3 is 4.74 Å². The van der Waals surface area contributed by atoms with Crippen molar-refractivity contribution in [3.63, 3.8) is 0 Å². The Balaban J connectivity index is 1.96. The van der Waals surface area contributed by atoms with Crippen molar-refractivity contribution in [2.45, 2.75) is 26.1 Å². The van der Waals surface area contributed by atoms with E-state index >= 15 is 0 Å². The van der Waals surface area contributed by atoms with E-state index in [0.29, 0.717) is 12.4 Å². The molecule has 0 saturated heterocycles. The summed E-state index contributed by atoms with van der Waals surface area (Å²) in [5.74, 6) is 0.428. The van der Waals surface area contributed by atoms with Crippen LogP contribution in [0.3, 0.4) is 0 Å². The first-order valence-corrected chi connectivity index (χ1v) is 6.37. The van der Waals surface area contributed by atoms with E-state index < -0.39 is 11.7 Å². The van der Waals surface area contributed by atoms with E-state index in [1.165, 1.54) is 17.7 Å². The SMILES string of the molecule is CCc1ccc(COc2ccc(C(F)(F)F)cc2)cc1. The second kappa shape index (κ2) is 5.99. The van der Waals surface area contributed by atoms with Crippen LogP contribution in [0.2, 0.25) is 0 Å². The number of alkyl halides is 3. The number of hydrogen-bond acceptors (Lipinski definition) is 1. The predicted molar refractivity (Wildman–Crippen MR) is 71.6 cm³/mol. The summed E-state index contributed by atoms with van der Waals surface area (Å²) >= 11 is 0. The maximum atomic E-state index is 12.4. The number of rotatable bonds is 4. The van der Waals surface area contributed by atoms with Crippen LogP contribution in [0, 0.1) is 0 Å². The molecule has 0 aliphatic rings. The van der Waals surface area contributed by atoms with Gasteiger partial charge in [0.2, 0.25) is 0 Å². The van der Waals surface area contributed by atoms with E-state index in [1.54, 1.807) is 0 Å². The molecule has 0 aliphatic carbocycles. The van der Waals surface area contributed by atoms with Crippen molar-refractivity contribution in [2.75, 3.05) is 0 Å². The number of ether oxygens (including phenoxy) is 1. The van der Waals surface area contributed by atoms with Crippen LogP contribution in [-0.2, 0) is 19.2 Å². The van der Waals surface area contributed by atoms with Crippen LogP contribution in [0.1, 0.15) is 23.6 Å². The second-order valence-corrected chi connectivity index (χ2v) is 4.48. The Morgan fingerprint density at radius 3 is 1.90 bits per heavy atom. The number of hydrogen-bond donors (Lipinski definition) is 0. The van der Waals surface area contributed by atoms with E-state index in [1.807, 2.05) is 24.3 Å². The zero-order valence-electron chi connectivity index (χ0n) is 11.1. The lowest BCUT2D eigenvalue weighted by atomic mass is 10.1. The molecule has 0 saturated carbocycles. The van der Waals surface area contributed by atoms with Crippen LogP contribution in [0.15, 0.2) is 48.5 Å². The Kier molecular flexibility index (Phi) is 4.32. The molecule has 0 unspecified atom stereocenters. The van der Waals surface area contributed by atoms with Gasteiger partial charge in [-0.05, 0) is 41.8 Å². The number of aryl methyl sites for hydroxylation is 1. The van der Waals surface area contributed by atoms with Crippen molar-refractivity contribution in [2.24, 2.45) is 0 Å². The predicted octanol–water partition coefficient (Wildman–Crippen LogP) is 4.85. The summed E-state index contributed by atoms with van der Waals surface area (Å²) in [5.41, 5.74) is 1.56. The summed E-state index contributed by atoms with van der Waals surface area (Å²) < 4.78 is 42.7. The van der Waals surface area contributed by atoms with Crippen LogP contribution < -0.4 is 4.74 Å². The average molecular weight is 280 g/mol. The van der Waals surface area contributed by atoms with Gasteiger partial charge in [0.1, 0.15) is 12.4 Å². The third-order valence-electron chi connectivity index (χ3n) is 3.02. The molecule has 0 aliphatic heterocycles. The Morgan fingerprint density at radius 2 is 1.40 bits per heavy atom. The number of benzene rings is 2. The Morgan fingerprint density at radius 1 is 0.850 bits per heavy atom. The van der Waals surface area contributed by atoms with Crippen LogP contribution in [0.4, 0.5) is 13.2 Å². The maximum absolute atomic E-state index is 12.4. The van der Waals surface area contributed by atoms with Crippen LogP contribution in [-0.4, -0.2) is 0 Å². The molecular formula is C16H15F3O. The van der Waals surface area contributed by atoms with Crippen molar-refractivity contribution in [1.82, 2.24) is 0 Å². The average Bonchev–Trinajstić information content (AvgIpc) is 2.45. The van der Waals surface area contributed by atoms with Gasteiger partial charge in [0.25, 0.3) is 0 Å². The second-order valence-electron chi connectivity index (χ2n) is 4.48. The van der Waals surface area contributed by atoms with Gasteiger partial charge in [-0.2, -0.15) is 13.2 Å². The molecule has 2 aromatic carbocycles. The third-order valence-corrected chi connectivity index (χ3v) is 3.02. The smallest absolute Gasteiger partial charge is 0.416 e. The molecule has 106 valence electrons. The summed E-state index contributed by atoms with van der Waals surface area (Å²) in [4.78, 5) is 0. The first-order valence-electron chi connectivity index (χ1n) is 6.37. The van der Waals surface area contributed by atoms with E-state index in [4.69, 9.17) is 4.74 Å². The topological polar surface area (TPSA) is 9.23 Å². The molecule has 2 rings (SSSR count). The highest BCUT2D eigenvalue weighted by molar-refractivity contribution is 5.29. The Hall–Kier alpha value is -1.97. The van der Waals surface area contributed by atoms with Gasteiger partial charge >= 0.3 is 6.18 Å². The van der Waals surface area contributed by atoms with Crippen LogP contribution in [0.5, 0.6) is 5.75 Å². The summed E-state index contributed by atoms with van der Waals surface area (Å²) in [5, 5.41) is 0. The molecule has 0 bridgehead atoms. The maximum Gasteiger partial charge on any atom is 0.416 e. The summed E-state index contributed by atoms with van der Waals surface area (Å²) in [6.07, 6.45) is -3.34. The van der Waals surface area contributed by atoms with Gasteiger partial charge in [-0.15, -0.1) is 0 Å². The van der Waals surface area contributed by atoms with Gasteiger partial charge in [-0.1, -0.05) is 31.2 Å². The largest absolute Gasteiger partial charge is 0.489 e. The van der Waals surface area contributed by atoms with E-state index in [2.05, 4.69) is 6.92 Å². The highest BCUT2D eigenvalue weighted by atomic mass is 19.4. The first-order chi connectivity index (χ1) is 9.49. The lowest BCUT2D eigenvalue weighted by Crippen LogP contribution is -2.04. The zero-order chi connectivity index (χ0) is 14.6. The van der Waals surface area contributed by atoms with E-state index in [9.17, 15) is 13.2 Å². The van der Waals surface area contributed by atoms with Gasteiger partial charge in [-0.3, -0.25) is 0 Å². The van der Waals surface area contributed by atoms with E-state index in [0.717, 1.165) is 24.1 Å². The molecule has 0 atom stereocenters. The molecule has 1 nitrogen and oxygen atoms in total. The summed E-state index contributed by atoms with van der Waals surface area (Å²) in [7, 11) is 0. The quantitative estimate of drug-likeness (QED) is 0.778. The first kappa shape index (κ1) is 14.4. The highest BCUT2D eigenvalue weighted by Gasteiger charge is 2.29. The fraction of sp³-hybridized carbons (Fsp3) is 0.250. The minimum absolute atomic E-state index is 0.343. The number of halogens is 3. The normalized spacial score (nSPS) is 11.4. The molecule has 4 heteroatoms. The molecule has 20 heavy (non-hydrogen) atoms. The van der Waals surface area contributed by atoms with Crippen molar-refractivity contribution >= 4 is 0 Å². The fourth-order valence-corrected chi connectivity index (χ4v) is 1.78. The minimum Gasteiger partial charge on any atom is -0.489 e. The minimum atomic E-state index is -4.31. The molecule has 0 radical (unpaired) electrons.